The molecule has 0 fully saturated rings. The summed E-state index contributed by atoms with van der Waals surface area (Å²) in [7, 11) is 0. The van der Waals surface area contributed by atoms with Crippen molar-refractivity contribution in [3.8, 4) is 5.75 Å². The molecule has 3 rings (SSSR count). The number of amides is 1. The zero-order valence-electron chi connectivity index (χ0n) is 14.1. The van der Waals surface area contributed by atoms with Gasteiger partial charge >= 0.3 is 0 Å². The highest BCUT2D eigenvalue weighted by atomic mass is 35.5. The van der Waals surface area contributed by atoms with Crippen molar-refractivity contribution in [1.82, 2.24) is 20.5 Å². The number of aromatic nitrogens is 3. The fraction of sp³-hybridized carbons (Fsp3) is 0.167. The second-order valence-electron chi connectivity index (χ2n) is 5.50. The second kappa shape index (κ2) is 9.64. The summed E-state index contributed by atoms with van der Waals surface area (Å²) in [6, 6.07) is 14.4. The predicted molar refractivity (Wildman–Crippen MR) is 106 cm³/mol. The summed E-state index contributed by atoms with van der Waals surface area (Å²) in [5, 5.41) is 11.5. The SMILES string of the molecule is O=C(CSc1n[nH]c(COc2ccc(Cl)cc2)n1)NCc1ccc(Cl)cc1. The Morgan fingerprint density at radius 1 is 1.07 bits per heavy atom. The zero-order valence-corrected chi connectivity index (χ0v) is 16.4. The Bertz CT molecular complexity index is 885. The zero-order chi connectivity index (χ0) is 19.1. The highest BCUT2D eigenvalue weighted by molar-refractivity contribution is 7.99. The van der Waals surface area contributed by atoms with E-state index in [1.54, 1.807) is 36.4 Å². The molecule has 9 heteroatoms. The van der Waals surface area contributed by atoms with Crippen molar-refractivity contribution >= 4 is 40.9 Å². The van der Waals surface area contributed by atoms with Gasteiger partial charge in [-0.25, -0.2) is 4.98 Å². The minimum Gasteiger partial charge on any atom is -0.486 e. The molecule has 2 N–H and O–H groups in total. The summed E-state index contributed by atoms with van der Waals surface area (Å²) in [4.78, 5) is 16.2. The highest BCUT2D eigenvalue weighted by Crippen LogP contribution is 2.17. The lowest BCUT2D eigenvalue weighted by Crippen LogP contribution is -2.24. The number of benzene rings is 2. The minimum absolute atomic E-state index is 0.0984. The Hall–Kier alpha value is -2.22. The molecule has 0 aliphatic heterocycles. The molecule has 1 heterocycles. The van der Waals surface area contributed by atoms with Crippen LogP contribution in [0.25, 0.3) is 0 Å². The predicted octanol–water partition coefficient (Wildman–Crippen LogP) is 4.10. The first-order valence-electron chi connectivity index (χ1n) is 8.02. The van der Waals surface area contributed by atoms with Crippen molar-refractivity contribution in [3.63, 3.8) is 0 Å². The average Bonchev–Trinajstić information content (AvgIpc) is 3.13. The topological polar surface area (TPSA) is 79.9 Å². The van der Waals surface area contributed by atoms with E-state index in [-0.39, 0.29) is 18.3 Å². The molecule has 6 nitrogen and oxygen atoms in total. The summed E-state index contributed by atoms with van der Waals surface area (Å²) in [5.74, 6) is 1.39. The maximum absolute atomic E-state index is 11.9. The average molecular weight is 423 g/mol. The number of ether oxygens (including phenoxy) is 1. The molecule has 0 saturated carbocycles. The molecule has 1 amide bonds. The van der Waals surface area contributed by atoms with E-state index in [0.717, 1.165) is 5.56 Å². The van der Waals surface area contributed by atoms with Gasteiger partial charge in [0.25, 0.3) is 0 Å². The molecule has 0 aliphatic rings. The first-order valence-corrected chi connectivity index (χ1v) is 9.76. The van der Waals surface area contributed by atoms with Crippen molar-refractivity contribution in [2.24, 2.45) is 0 Å². The van der Waals surface area contributed by atoms with Gasteiger partial charge in [-0.2, -0.15) is 0 Å². The molecular formula is C18H16Cl2N4O2S. The first kappa shape index (κ1) is 19.5. The number of nitrogens with zero attached hydrogens (tertiary/aromatic N) is 2. The van der Waals surface area contributed by atoms with Gasteiger partial charge in [-0.1, -0.05) is 47.1 Å². The summed E-state index contributed by atoms with van der Waals surface area (Å²) in [6.45, 7) is 0.697. The van der Waals surface area contributed by atoms with E-state index in [2.05, 4.69) is 20.5 Å². The molecule has 140 valence electrons. The van der Waals surface area contributed by atoms with E-state index in [1.807, 2.05) is 12.1 Å². The number of carbonyl (C=O) groups is 1. The van der Waals surface area contributed by atoms with Crippen LogP contribution in [0.2, 0.25) is 10.0 Å². The maximum Gasteiger partial charge on any atom is 0.230 e. The summed E-state index contributed by atoms with van der Waals surface area (Å²) >= 11 is 12.9. The summed E-state index contributed by atoms with van der Waals surface area (Å²) < 4.78 is 5.59. The van der Waals surface area contributed by atoms with Crippen LogP contribution in [0.5, 0.6) is 5.75 Å². The number of thioether (sulfide) groups is 1. The van der Waals surface area contributed by atoms with E-state index in [1.165, 1.54) is 11.8 Å². The quantitative estimate of drug-likeness (QED) is 0.534. The Balaban J connectivity index is 1.40. The number of hydrogen-bond acceptors (Lipinski definition) is 5. The maximum atomic E-state index is 11.9. The van der Waals surface area contributed by atoms with E-state index >= 15 is 0 Å². The smallest absolute Gasteiger partial charge is 0.230 e. The number of halogens is 2. The molecule has 2 aromatic carbocycles. The van der Waals surface area contributed by atoms with Gasteiger partial charge in [-0.05, 0) is 42.0 Å². The molecule has 0 spiro atoms. The number of aromatic amines is 1. The molecule has 0 unspecified atom stereocenters. The molecule has 0 bridgehead atoms. The monoisotopic (exact) mass is 422 g/mol. The van der Waals surface area contributed by atoms with Crippen LogP contribution in [0.1, 0.15) is 11.4 Å². The van der Waals surface area contributed by atoms with Crippen LogP contribution in [0.3, 0.4) is 0 Å². The lowest BCUT2D eigenvalue weighted by Gasteiger charge is -2.04. The number of nitrogens with one attached hydrogen (secondary N) is 2. The molecule has 3 aromatic rings. The standard InChI is InChI=1S/C18H16Cl2N4O2S/c19-13-3-1-12(2-4-13)9-21-17(25)11-27-18-22-16(23-24-18)10-26-15-7-5-14(20)6-8-15/h1-8H,9-11H2,(H,21,25)(H,22,23,24). The molecule has 1 aromatic heterocycles. The molecule has 0 saturated heterocycles. The number of carbonyl (C=O) groups excluding carboxylic acids is 1. The van der Waals surface area contributed by atoms with Gasteiger partial charge in [-0.3, -0.25) is 9.89 Å². The normalized spacial score (nSPS) is 10.6. The van der Waals surface area contributed by atoms with Crippen LogP contribution < -0.4 is 10.1 Å². The van der Waals surface area contributed by atoms with Crippen LogP contribution in [0.15, 0.2) is 53.7 Å². The lowest BCUT2D eigenvalue weighted by atomic mass is 10.2. The molecule has 0 aliphatic carbocycles. The van der Waals surface area contributed by atoms with Gasteiger partial charge in [0.15, 0.2) is 5.82 Å². The van der Waals surface area contributed by atoms with Gasteiger partial charge in [0.05, 0.1) is 5.75 Å². The molecule has 0 atom stereocenters. The van der Waals surface area contributed by atoms with E-state index < -0.39 is 0 Å². The largest absolute Gasteiger partial charge is 0.486 e. The number of H-pyrrole nitrogens is 1. The summed E-state index contributed by atoms with van der Waals surface area (Å²) in [5.41, 5.74) is 0.984. The van der Waals surface area contributed by atoms with Gasteiger partial charge in [0.2, 0.25) is 11.1 Å². The van der Waals surface area contributed by atoms with Crippen LogP contribution in [0, 0.1) is 0 Å². The highest BCUT2D eigenvalue weighted by Gasteiger charge is 2.08. The van der Waals surface area contributed by atoms with Gasteiger partial charge in [0, 0.05) is 16.6 Å². The first-order chi connectivity index (χ1) is 13.1. The fourth-order valence-electron chi connectivity index (χ4n) is 2.07. The van der Waals surface area contributed by atoms with Gasteiger partial charge < -0.3 is 10.1 Å². The van der Waals surface area contributed by atoms with Crippen molar-refractivity contribution in [3.05, 3.63) is 70.0 Å². The van der Waals surface area contributed by atoms with Crippen LogP contribution in [0.4, 0.5) is 0 Å². The van der Waals surface area contributed by atoms with Gasteiger partial charge in [0.1, 0.15) is 12.4 Å². The second-order valence-corrected chi connectivity index (χ2v) is 7.31. The van der Waals surface area contributed by atoms with Crippen molar-refractivity contribution in [2.45, 2.75) is 18.3 Å². The number of hydrogen-bond donors (Lipinski definition) is 2. The van der Waals surface area contributed by atoms with Crippen LogP contribution >= 0.6 is 35.0 Å². The minimum atomic E-state index is -0.0984. The lowest BCUT2D eigenvalue weighted by molar-refractivity contribution is -0.118. The third-order valence-corrected chi connectivity index (χ3v) is 4.79. The van der Waals surface area contributed by atoms with Gasteiger partial charge in [-0.15, -0.1) is 5.10 Å². The van der Waals surface area contributed by atoms with E-state index in [9.17, 15) is 4.79 Å². The Morgan fingerprint density at radius 3 is 2.44 bits per heavy atom. The molecule has 0 radical (unpaired) electrons. The Morgan fingerprint density at radius 2 is 1.74 bits per heavy atom. The summed E-state index contributed by atoms with van der Waals surface area (Å²) in [6.07, 6.45) is 0. The van der Waals surface area contributed by atoms with Crippen LogP contribution in [-0.4, -0.2) is 26.8 Å². The Kier molecular flexibility index (Phi) is 6.98. The van der Waals surface area contributed by atoms with E-state index in [4.69, 9.17) is 27.9 Å². The van der Waals surface area contributed by atoms with Crippen molar-refractivity contribution < 1.29 is 9.53 Å². The van der Waals surface area contributed by atoms with E-state index in [0.29, 0.717) is 33.3 Å². The Labute approximate surface area is 170 Å². The van der Waals surface area contributed by atoms with Crippen molar-refractivity contribution in [1.29, 1.82) is 0 Å². The third-order valence-electron chi connectivity index (χ3n) is 3.44. The third kappa shape index (κ3) is 6.46. The molecular weight excluding hydrogens is 407 g/mol. The van der Waals surface area contributed by atoms with Crippen molar-refractivity contribution in [2.75, 3.05) is 5.75 Å². The van der Waals surface area contributed by atoms with Crippen LogP contribution in [-0.2, 0) is 17.9 Å². The fourth-order valence-corrected chi connectivity index (χ4v) is 2.97. The number of rotatable bonds is 8. The molecule has 27 heavy (non-hydrogen) atoms.